The fourth-order valence-electron chi connectivity index (χ4n) is 5.14. The van der Waals surface area contributed by atoms with Crippen LogP contribution in [0.5, 0.6) is 0 Å². The average molecular weight is 221 g/mol. The Morgan fingerprint density at radius 2 is 1.56 bits per heavy atom. The summed E-state index contributed by atoms with van der Waals surface area (Å²) in [4.78, 5) is 0. The molecule has 90 valence electrons. The van der Waals surface area contributed by atoms with Gasteiger partial charge in [0.25, 0.3) is 0 Å². The highest BCUT2D eigenvalue weighted by Gasteiger charge is 2.48. The molecule has 1 aliphatic heterocycles. The Hall–Kier alpha value is -0.0800. The SMILES string of the molecule is C1CC(NC2C3CC4CC(C3)CC2C4)CO1. The van der Waals surface area contributed by atoms with Crippen molar-refractivity contribution in [1.29, 1.82) is 0 Å². The highest BCUT2D eigenvalue weighted by Crippen LogP contribution is 2.53. The molecule has 0 spiro atoms. The van der Waals surface area contributed by atoms with E-state index in [1.165, 1.54) is 32.1 Å². The van der Waals surface area contributed by atoms with Crippen LogP contribution in [0.15, 0.2) is 0 Å². The molecule has 5 rings (SSSR count). The molecular weight excluding hydrogens is 198 g/mol. The quantitative estimate of drug-likeness (QED) is 0.772. The van der Waals surface area contributed by atoms with Crippen LogP contribution in [0.3, 0.4) is 0 Å². The molecule has 16 heavy (non-hydrogen) atoms. The minimum absolute atomic E-state index is 0.669. The van der Waals surface area contributed by atoms with E-state index in [0.717, 1.165) is 42.9 Å². The Balaban J connectivity index is 1.47. The van der Waals surface area contributed by atoms with Crippen molar-refractivity contribution in [2.24, 2.45) is 23.7 Å². The van der Waals surface area contributed by atoms with Crippen LogP contribution in [0.2, 0.25) is 0 Å². The van der Waals surface area contributed by atoms with Gasteiger partial charge in [-0.1, -0.05) is 0 Å². The molecule has 1 heterocycles. The second kappa shape index (κ2) is 3.71. The summed E-state index contributed by atoms with van der Waals surface area (Å²) in [5.74, 6) is 4.22. The summed E-state index contributed by atoms with van der Waals surface area (Å²) in [6.45, 7) is 1.94. The van der Waals surface area contributed by atoms with Crippen LogP contribution >= 0.6 is 0 Å². The largest absolute Gasteiger partial charge is 0.380 e. The molecule has 4 saturated carbocycles. The molecule has 0 aromatic heterocycles. The third-order valence-corrected chi connectivity index (χ3v) is 5.58. The fraction of sp³-hybridized carbons (Fsp3) is 1.00. The van der Waals surface area contributed by atoms with Crippen LogP contribution in [0, 0.1) is 23.7 Å². The highest BCUT2D eigenvalue weighted by molar-refractivity contribution is 5.02. The van der Waals surface area contributed by atoms with Crippen LogP contribution in [0.1, 0.15) is 38.5 Å². The van der Waals surface area contributed by atoms with Crippen molar-refractivity contribution >= 4 is 0 Å². The van der Waals surface area contributed by atoms with Gasteiger partial charge in [0.2, 0.25) is 0 Å². The Labute approximate surface area is 98.1 Å². The molecule has 1 saturated heterocycles. The van der Waals surface area contributed by atoms with E-state index < -0.39 is 0 Å². The van der Waals surface area contributed by atoms with Gasteiger partial charge in [-0.25, -0.2) is 0 Å². The van der Waals surface area contributed by atoms with Gasteiger partial charge in [-0.15, -0.1) is 0 Å². The van der Waals surface area contributed by atoms with Gasteiger partial charge in [-0.2, -0.15) is 0 Å². The predicted molar refractivity (Wildman–Crippen MR) is 63.2 cm³/mol. The number of hydrogen-bond donors (Lipinski definition) is 1. The maximum absolute atomic E-state index is 5.49. The first-order valence-electron chi connectivity index (χ1n) is 7.22. The van der Waals surface area contributed by atoms with Crippen molar-refractivity contribution < 1.29 is 4.74 Å². The topological polar surface area (TPSA) is 21.3 Å². The Morgan fingerprint density at radius 1 is 0.875 bits per heavy atom. The zero-order chi connectivity index (χ0) is 10.5. The summed E-state index contributed by atoms with van der Waals surface area (Å²) in [6.07, 6.45) is 8.90. The highest BCUT2D eigenvalue weighted by atomic mass is 16.5. The number of ether oxygens (including phenoxy) is 1. The smallest absolute Gasteiger partial charge is 0.0620 e. The van der Waals surface area contributed by atoms with Gasteiger partial charge in [-0.3, -0.25) is 0 Å². The normalized spacial score (nSPS) is 54.8. The molecule has 0 amide bonds. The third kappa shape index (κ3) is 1.53. The second-order valence-corrected chi connectivity index (χ2v) is 6.68. The summed E-state index contributed by atoms with van der Waals surface area (Å²) in [5, 5.41) is 3.94. The molecule has 1 atom stereocenters. The maximum Gasteiger partial charge on any atom is 0.0620 e. The van der Waals surface area contributed by atoms with E-state index >= 15 is 0 Å². The standard InChI is InChI=1S/C14H23NO/c1-2-16-8-13(1)15-14-11-4-9-3-10(6-11)7-12(14)5-9/h9-15H,1-8H2. The molecule has 2 heteroatoms. The summed E-state index contributed by atoms with van der Waals surface area (Å²) in [6, 6.07) is 1.52. The van der Waals surface area contributed by atoms with Crippen LogP contribution in [-0.2, 0) is 4.74 Å². The lowest BCUT2D eigenvalue weighted by molar-refractivity contribution is -0.0179. The molecule has 0 aromatic carbocycles. The monoisotopic (exact) mass is 221 g/mol. The Bertz CT molecular complexity index is 244. The Kier molecular flexibility index (Phi) is 2.29. The molecule has 1 N–H and O–H groups in total. The first kappa shape index (κ1) is 9.90. The average Bonchev–Trinajstić information content (AvgIpc) is 2.75. The van der Waals surface area contributed by atoms with Crippen LogP contribution in [0.25, 0.3) is 0 Å². The van der Waals surface area contributed by atoms with Gasteiger partial charge in [0, 0.05) is 18.7 Å². The molecule has 2 nitrogen and oxygen atoms in total. The summed E-state index contributed by atoms with van der Waals surface area (Å²) in [5.41, 5.74) is 0. The van der Waals surface area contributed by atoms with E-state index in [2.05, 4.69) is 5.32 Å². The third-order valence-electron chi connectivity index (χ3n) is 5.58. The van der Waals surface area contributed by atoms with E-state index in [1.807, 2.05) is 0 Å². The van der Waals surface area contributed by atoms with Gasteiger partial charge >= 0.3 is 0 Å². The van der Waals surface area contributed by atoms with Crippen molar-refractivity contribution in [3.05, 3.63) is 0 Å². The van der Waals surface area contributed by atoms with Crippen molar-refractivity contribution in [2.45, 2.75) is 50.6 Å². The lowest BCUT2D eigenvalue weighted by Crippen LogP contribution is -2.56. The predicted octanol–water partition coefficient (Wildman–Crippen LogP) is 2.19. The van der Waals surface area contributed by atoms with Crippen LogP contribution in [-0.4, -0.2) is 25.3 Å². The zero-order valence-electron chi connectivity index (χ0n) is 10.0. The first-order chi connectivity index (χ1) is 7.88. The maximum atomic E-state index is 5.49. The van der Waals surface area contributed by atoms with Gasteiger partial charge in [0.1, 0.15) is 0 Å². The summed E-state index contributed by atoms with van der Waals surface area (Å²) >= 11 is 0. The van der Waals surface area contributed by atoms with Gasteiger partial charge < -0.3 is 10.1 Å². The lowest BCUT2D eigenvalue weighted by atomic mass is 9.54. The second-order valence-electron chi connectivity index (χ2n) is 6.68. The van der Waals surface area contributed by atoms with E-state index in [9.17, 15) is 0 Å². The Morgan fingerprint density at radius 3 is 2.12 bits per heavy atom. The van der Waals surface area contributed by atoms with E-state index in [-0.39, 0.29) is 0 Å². The minimum atomic E-state index is 0.669. The van der Waals surface area contributed by atoms with Crippen LogP contribution < -0.4 is 5.32 Å². The molecule has 0 radical (unpaired) electrons. The van der Waals surface area contributed by atoms with Gasteiger partial charge in [-0.05, 0) is 62.2 Å². The fourth-order valence-corrected chi connectivity index (χ4v) is 5.14. The lowest BCUT2D eigenvalue weighted by Gasteiger charge is -2.55. The van der Waals surface area contributed by atoms with Crippen molar-refractivity contribution in [3.63, 3.8) is 0 Å². The number of rotatable bonds is 2. The molecule has 1 unspecified atom stereocenters. The summed E-state index contributed by atoms with van der Waals surface area (Å²) in [7, 11) is 0. The molecule has 5 aliphatic rings. The summed E-state index contributed by atoms with van der Waals surface area (Å²) < 4.78 is 5.49. The van der Waals surface area contributed by atoms with Crippen molar-refractivity contribution in [2.75, 3.05) is 13.2 Å². The first-order valence-corrected chi connectivity index (χ1v) is 7.22. The van der Waals surface area contributed by atoms with Gasteiger partial charge in [0.15, 0.2) is 0 Å². The number of nitrogens with one attached hydrogen (secondary N) is 1. The zero-order valence-corrected chi connectivity index (χ0v) is 10.0. The molecule has 4 aliphatic carbocycles. The van der Waals surface area contributed by atoms with Gasteiger partial charge in [0.05, 0.1) is 6.61 Å². The number of hydrogen-bond acceptors (Lipinski definition) is 2. The molecule has 4 bridgehead atoms. The van der Waals surface area contributed by atoms with Crippen molar-refractivity contribution in [3.8, 4) is 0 Å². The van der Waals surface area contributed by atoms with E-state index in [0.29, 0.717) is 6.04 Å². The van der Waals surface area contributed by atoms with Crippen molar-refractivity contribution in [1.82, 2.24) is 5.32 Å². The van der Waals surface area contributed by atoms with Crippen LogP contribution in [0.4, 0.5) is 0 Å². The minimum Gasteiger partial charge on any atom is -0.380 e. The molecule has 5 fully saturated rings. The molecular formula is C14H23NO. The van der Waals surface area contributed by atoms with E-state index in [1.54, 1.807) is 6.42 Å². The van der Waals surface area contributed by atoms with E-state index in [4.69, 9.17) is 4.74 Å². The molecule has 0 aromatic rings.